The molecule has 0 atom stereocenters. The summed E-state index contributed by atoms with van der Waals surface area (Å²) in [6.45, 7) is 4.15. The number of amides is 1. The van der Waals surface area contributed by atoms with E-state index in [9.17, 15) is 4.79 Å². The van der Waals surface area contributed by atoms with E-state index >= 15 is 0 Å². The van der Waals surface area contributed by atoms with Gasteiger partial charge in [-0.15, -0.1) is 0 Å². The topological polar surface area (TPSA) is 29.1 Å². The maximum atomic E-state index is 11.8. The molecule has 1 N–H and O–H groups in total. The standard InChI is InChI=1S/C16H21NO/c1-12-7-8-14(13(2)11-12)9-10-16(18)17-15-5-3-4-6-15/h7-11,15H,3-6H2,1-2H3,(H,17,18). The van der Waals surface area contributed by atoms with Crippen molar-refractivity contribution >= 4 is 12.0 Å². The van der Waals surface area contributed by atoms with Gasteiger partial charge in [-0.1, -0.05) is 36.6 Å². The zero-order valence-electron chi connectivity index (χ0n) is 11.2. The van der Waals surface area contributed by atoms with E-state index in [-0.39, 0.29) is 5.91 Å². The summed E-state index contributed by atoms with van der Waals surface area (Å²) in [6, 6.07) is 6.65. The van der Waals surface area contributed by atoms with Gasteiger partial charge in [-0.3, -0.25) is 4.79 Å². The Bertz CT molecular complexity index is 456. The van der Waals surface area contributed by atoms with Crippen LogP contribution in [-0.4, -0.2) is 11.9 Å². The molecule has 1 aliphatic carbocycles. The molecule has 0 aliphatic heterocycles. The van der Waals surface area contributed by atoms with Crippen LogP contribution in [0.25, 0.3) is 6.08 Å². The number of aryl methyl sites for hydroxylation is 2. The van der Waals surface area contributed by atoms with Gasteiger partial charge >= 0.3 is 0 Å². The van der Waals surface area contributed by atoms with Crippen molar-refractivity contribution in [3.63, 3.8) is 0 Å². The third-order valence-electron chi connectivity index (χ3n) is 3.54. The lowest BCUT2D eigenvalue weighted by molar-refractivity contribution is -0.117. The van der Waals surface area contributed by atoms with Crippen LogP contribution in [0.2, 0.25) is 0 Å². The van der Waals surface area contributed by atoms with E-state index < -0.39 is 0 Å². The summed E-state index contributed by atoms with van der Waals surface area (Å²) in [4.78, 5) is 11.8. The Morgan fingerprint density at radius 3 is 2.67 bits per heavy atom. The monoisotopic (exact) mass is 243 g/mol. The third-order valence-corrected chi connectivity index (χ3v) is 3.54. The third kappa shape index (κ3) is 3.46. The highest BCUT2D eigenvalue weighted by Crippen LogP contribution is 2.17. The fraction of sp³-hybridized carbons (Fsp3) is 0.438. The van der Waals surface area contributed by atoms with Crippen LogP contribution in [-0.2, 0) is 4.79 Å². The number of nitrogens with one attached hydrogen (secondary N) is 1. The summed E-state index contributed by atoms with van der Waals surface area (Å²) >= 11 is 0. The maximum absolute atomic E-state index is 11.8. The lowest BCUT2D eigenvalue weighted by Gasteiger charge is -2.09. The quantitative estimate of drug-likeness (QED) is 0.810. The summed E-state index contributed by atoms with van der Waals surface area (Å²) in [5, 5.41) is 3.05. The van der Waals surface area contributed by atoms with E-state index in [1.54, 1.807) is 6.08 Å². The van der Waals surface area contributed by atoms with Crippen LogP contribution in [0.3, 0.4) is 0 Å². The fourth-order valence-corrected chi connectivity index (χ4v) is 2.50. The van der Waals surface area contributed by atoms with E-state index in [1.165, 1.54) is 24.0 Å². The highest BCUT2D eigenvalue weighted by molar-refractivity contribution is 5.92. The fourth-order valence-electron chi connectivity index (χ4n) is 2.50. The first-order chi connectivity index (χ1) is 8.65. The van der Waals surface area contributed by atoms with Crippen LogP contribution < -0.4 is 5.32 Å². The van der Waals surface area contributed by atoms with Crippen molar-refractivity contribution in [3.05, 3.63) is 41.0 Å². The summed E-state index contributed by atoms with van der Waals surface area (Å²) in [7, 11) is 0. The number of rotatable bonds is 3. The molecule has 1 aromatic carbocycles. The predicted molar refractivity (Wildman–Crippen MR) is 75.3 cm³/mol. The van der Waals surface area contributed by atoms with Crippen molar-refractivity contribution in [3.8, 4) is 0 Å². The molecule has 1 aromatic rings. The molecule has 0 heterocycles. The molecule has 1 aliphatic rings. The molecule has 1 fully saturated rings. The van der Waals surface area contributed by atoms with Crippen LogP contribution in [0, 0.1) is 13.8 Å². The van der Waals surface area contributed by atoms with Crippen molar-refractivity contribution in [2.75, 3.05) is 0 Å². The second kappa shape index (κ2) is 5.85. The molecular formula is C16H21NO. The maximum Gasteiger partial charge on any atom is 0.244 e. The number of hydrogen-bond acceptors (Lipinski definition) is 1. The number of hydrogen-bond donors (Lipinski definition) is 1. The van der Waals surface area contributed by atoms with Crippen LogP contribution in [0.1, 0.15) is 42.4 Å². The van der Waals surface area contributed by atoms with Crippen molar-refractivity contribution in [2.24, 2.45) is 0 Å². The predicted octanol–water partition coefficient (Wildman–Crippen LogP) is 3.38. The van der Waals surface area contributed by atoms with Gasteiger partial charge in [0.05, 0.1) is 0 Å². The van der Waals surface area contributed by atoms with Gasteiger partial charge in [-0.2, -0.15) is 0 Å². The van der Waals surface area contributed by atoms with Crippen molar-refractivity contribution in [2.45, 2.75) is 45.6 Å². The van der Waals surface area contributed by atoms with Crippen LogP contribution in [0.5, 0.6) is 0 Å². The largest absolute Gasteiger partial charge is 0.350 e. The normalized spacial score (nSPS) is 16.3. The average molecular weight is 243 g/mol. The minimum absolute atomic E-state index is 0.0295. The van der Waals surface area contributed by atoms with Gasteiger partial charge in [0.1, 0.15) is 0 Å². The molecule has 0 unspecified atom stereocenters. The minimum Gasteiger partial charge on any atom is -0.350 e. The second-order valence-electron chi connectivity index (χ2n) is 5.18. The highest BCUT2D eigenvalue weighted by atomic mass is 16.1. The Morgan fingerprint density at radius 1 is 1.28 bits per heavy atom. The first kappa shape index (κ1) is 12.9. The average Bonchev–Trinajstić information content (AvgIpc) is 2.80. The van der Waals surface area contributed by atoms with Crippen molar-refractivity contribution < 1.29 is 4.79 Å². The lowest BCUT2D eigenvalue weighted by Crippen LogP contribution is -2.30. The van der Waals surface area contributed by atoms with E-state index in [0.717, 1.165) is 18.4 Å². The Morgan fingerprint density at radius 2 is 2.00 bits per heavy atom. The second-order valence-corrected chi connectivity index (χ2v) is 5.18. The Labute approximate surface area is 109 Å². The molecule has 2 nitrogen and oxygen atoms in total. The minimum atomic E-state index is 0.0295. The van der Waals surface area contributed by atoms with E-state index in [0.29, 0.717) is 6.04 Å². The zero-order valence-corrected chi connectivity index (χ0v) is 11.2. The molecule has 0 bridgehead atoms. The van der Waals surface area contributed by atoms with Gasteiger partial charge in [0.15, 0.2) is 0 Å². The van der Waals surface area contributed by atoms with Crippen LogP contribution >= 0.6 is 0 Å². The van der Waals surface area contributed by atoms with E-state index in [4.69, 9.17) is 0 Å². The van der Waals surface area contributed by atoms with Gasteiger partial charge < -0.3 is 5.32 Å². The molecule has 2 heteroatoms. The molecule has 0 saturated heterocycles. The van der Waals surface area contributed by atoms with Gasteiger partial charge in [0.2, 0.25) is 5.91 Å². The molecule has 1 amide bonds. The number of benzene rings is 1. The van der Waals surface area contributed by atoms with Gasteiger partial charge in [-0.25, -0.2) is 0 Å². The molecule has 0 aromatic heterocycles. The van der Waals surface area contributed by atoms with Crippen molar-refractivity contribution in [1.29, 1.82) is 0 Å². The van der Waals surface area contributed by atoms with Gasteiger partial charge in [-0.05, 0) is 43.9 Å². The summed E-state index contributed by atoms with van der Waals surface area (Å²) < 4.78 is 0. The van der Waals surface area contributed by atoms with Crippen LogP contribution in [0.4, 0.5) is 0 Å². The number of carbonyl (C=O) groups excluding carboxylic acids is 1. The molecule has 18 heavy (non-hydrogen) atoms. The first-order valence-electron chi connectivity index (χ1n) is 6.71. The molecular weight excluding hydrogens is 222 g/mol. The summed E-state index contributed by atoms with van der Waals surface area (Å²) in [6.07, 6.45) is 8.29. The van der Waals surface area contributed by atoms with E-state index in [1.807, 2.05) is 6.08 Å². The SMILES string of the molecule is Cc1ccc(C=CC(=O)NC2CCCC2)c(C)c1. The van der Waals surface area contributed by atoms with Gasteiger partial charge in [0, 0.05) is 12.1 Å². The zero-order chi connectivity index (χ0) is 13.0. The van der Waals surface area contributed by atoms with E-state index in [2.05, 4.69) is 37.4 Å². The molecule has 2 rings (SSSR count). The molecule has 0 spiro atoms. The summed E-state index contributed by atoms with van der Waals surface area (Å²) in [5.74, 6) is 0.0295. The Hall–Kier alpha value is -1.57. The van der Waals surface area contributed by atoms with Crippen LogP contribution in [0.15, 0.2) is 24.3 Å². The number of carbonyl (C=O) groups is 1. The Kier molecular flexibility index (Phi) is 4.19. The lowest BCUT2D eigenvalue weighted by atomic mass is 10.1. The molecule has 96 valence electrons. The summed E-state index contributed by atoms with van der Waals surface area (Å²) in [5.41, 5.74) is 3.57. The highest BCUT2D eigenvalue weighted by Gasteiger charge is 2.15. The molecule has 0 radical (unpaired) electrons. The first-order valence-corrected chi connectivity index (χ1v) is 6.71. The molecule has 1 saturated carbocycles. The van der Waals surface area contributed by atoms with Gasteiger partial charge in [0.25, 0.3) is 0 Å². The Balaban J connectivity index is 1.94. The van der Waals surface area contributed by atoms with Crippen molar-refractivity contribution in [1.82, 2.24) is 5.32 Å². The smallest absolute Gasteiger partial charge is 0.244 e.